The van der Waals surface area contributed by atoms with Gasteiger partial charge in [-0.05, 0) is 132 Å². The van der Waals surface area contributed by atoms with E-state index in [0.29, 0.717) is 37.4 Å². The van der Waals surface area contributed by atoms with Gasteiger partial charge in [-0.15, -0.1) is 0 Å². The molecule has 3 aliphatic rings. The fourth-order valence-corrected chi connectivity index (χ4v) is 9.33. The summed E-state index contributed by atoms with van der Waals surface area (Å²) in [6.45, 7) is 26.4. The zero-order valence-electron chi connectivity index (χ0n) is 44.9. The number of ether oxygens (including phenoxy) is 9. The van der Waals surface area contributed by atoms with Crippen molar-refractivity contribution in [3.05, 3.63) is 35.4 Å². The second-order valence-electron chi connectivity index (χ2n) is 23.2. The van der Waals surface area contributed by atoms with Crippen molar-refractivity contribution in [3.63, 3.8) is 0 Å². The number of benzene rings is 1. The Labute approximate surface area is 418 Å². The zero-order chi connectivity index (χ0) is 52.0. The summed E-state index contributed by atoms with van der Waals surface area (Å²) in [5.74, 6) is -1.24. The van der Waals surface area contributed by atoms with Crippen molar-refractivity contribution in [3.8, 4) is 0 Å². The highest BCUT2D eigenvalue weighted by Crippen LogP contribution is 2.41. The lowest BCUT2D eigenvalue weighted by Gasteiger charge is -2.35. The minimum Gasteiger partial charge on any atom is -0.458 e. The maximum atomic E-state index is 14.1. The van der Waals surface area contributed by atoms with Crippen LogP contribution in [0.15, 0.2) is 24.3 Å². The first-order valence-electron chi connectivity index (χ1n) is 25.8. The van der Waals surface area contributed by atoms with Gasteiger partial charge in [0, 0.05) is 25.0 Å². The number of nitrogens with one attached hydrogen (secondary N) is 1. The van der Waals surface area contributed by atoms with Crippen LogP contribution in [-0.4, -0.2) is 128 Å². The number of alkyl carbamates (subject to hydrolysis) is 1. The molecule has 3 amide bonds. The molecule has 398 valence electrons. The molecule has 0 bridgehead atoms. The number of hydrogen-bond acceptors (Lipinski definition) is 14. The monoisotopic (exact) mass is 989 g/mol. The van der Waals surface area contributed by atoms with E-state index in [9.17, 15) is 24.0 Å². The van der Waals surface area contributed by atoms with E-state index < -0.39 is 83.5 Å². The Morgan fingerprint density at radius 2 is 1.31 bits per heavy atom. The van der Waals surface area contributed by atoms with Gasteiger partial charge in [-0.3, -0.25) is 0 Å². The van der Waals surface area contributed by atoms with Gasteiger partial charge in [0.05, 0.1) is 38.6 Å². The van der Waals surface area contributed by atoms with Crippen molar-refractivity contribution < 1.29 is 66.6 Å². The van der Waals surface area contributed by atoms with Crippen LogP contribution in [0.4, 0.5) is 14.4 Å². The molecule has 0 radical (unpaired) electrons. The van der Waals surface area contributed by atoms with Gasteiger partial charge in [0.2, 0.25) is 0 Å². The third kappa shape index (κ3) is 19.9. The normalized spacial score (nSPS) is 27.4. The predicted molar refractivity (Wildman–Crippen MR) is 264 cm³/mol. The van der Waals surface area contributed by atoms with Crippen LogP contribution in [0, 0.1) is 36.5 Å². The molecule has 16 heteroatoms. The topological polar surface area (TPSA) is 184 Å². The standard InChI is InChI=1S/C54H88N2O14/c1-15-16-17-24-64-45-36(5)66-48(58)43(56(50(60)69-53(9,10)11)51(61)70-54(12,13)14)33-63-30-40(45)27-38-22-23-39(25-38)28-44-46(65-29-34(2)3)41(26-37-20-18-35(4)19-21-37)31-62-32-42(47(57)67-44)55-49(59)68-52(6,7)8/h18-21,34,36,38-46H,15-17,22-33H2,1-14H3,(H,55,59). The number of rotatable bonds is 16. The third-order valence-corrected chi connectivity index (χ3v) is 12.4. The summed E-state index contributed by atoms with van der Waals surface area (Å²) in [6.07, 6.45) is 1.96. The number of carbonyl (C=O) groups is 5. The van der Waals surface area contributed by atoms with Crippen molar-refractivity contribution in [1.29, 1.82) is 0 Å². The molecule has 10 unspecified atom stereocenters. The SMILES string of the molecule is CCCCCOC1C(CC2CCC(CC3OC(=O)C(NC(=O)OC(C)(C)C)COCC(Cc4ccc(C)cc4)C3OCC(C)C)C2)COCC(N(C(=O)OC(C)(C)C)C(=O)OC(C)(C)C)C(=O)OC1C. The summed E-state index contributed by atoms with van der Waals surface area (Å²) in [4.78, 5) is 69.2. The molecule has 0 aromatic heterocycles. The summed E-state index contributed by atoms with van der Waals surface area (Å²) in [5.41, 5.74) is -0.468. The van der Waals surface area contributed by atoms with Crippen LogP contribution in [0.3, 0.4) is 0 Å². The van der Waals surface area contributed by atoms with E-state index in [1.807, 2.05) is 0 Å². The summed E-state index contributed by atoms with van der Waals surface area (Å²) in [7, 11) is 0. The van der Waals surface area contributed by atoms with E-state index in [-0.39, 0.29) is 56.0 Å². The Balaban J connectivity index is 1.61. The number of imide groups is 1. The highest BCUT2D eigenvalue weighted by molar-refractivity contribution is 5.94. The van der Waals surface area contributed by atoms with Crippen molar-refractivity contribution in [2.45, 2.75) is 208 Å². The number of amides is 3. The fraction of sp³-hybridized carbons (Fsp3) is 0.796. The third-order valence-electron chi connectivity index (χ3n) is 12.4. The van der Waals surface area contributed by atoms with Gasteiger partial charge in [0.1, 0.15) is 29.0 Å². The van der Waals surface area contributed by atoms with Gasteiger partial charge in [-0.1, -0.05) is 76.3 Å². The van der Waals surface area contributed by atoms with Crippen LogP contribution in [-0.2, 0) is 58.6 Å². The summed E-state index contributed by atoms with van der Waals surface area (Å²) in [5, 5.41) is 2.70. The molecule has 1 aromatic carbocycles. The summed E-state index contributed by atoms with van der Waals surface area (Å²) in [6, 6.07) is 5.82. The molecular formula is C54H88N2O14. The van der Waals surface area contributed by atoms with Crippen molar-refractivity contribution in [2.24, 2.45) is 29.6 Å². The van der Waals surface area contributed by atoms with Gasteiger partial charge < -0.3 is 47.9 Å². The van der Waals surface area contributed by atoms with Gasteiger partial charge >= 0.3 is 30.2 Å². The van der Waals surface area contributed by atoms with Crippen molar-refractivity contribution in [2.75, 3.05) is 39.6 Å². The maximum absolute atomic E-state index is 14.1. The predicted octanol–water partition coefficient (Wildman–Crippen LogP) is 9.92. The average molecular weight is 989 g/mol. The second-order valence-corrected chi connectivity index (χ2v) is 23.2. The molecule has 16 nitrogen and oxygen atoms in total. The molecule has 2 saturated heterocycles. The molecular weight excluding hydrogens is 901 g/mol. The number of cyclic esters (lactones) is 2. The first-order chi connectivity index (χ1) is 32.7. The molecule has 1 aliphatic carbocycles. The Bertz CT molecular complexity index is 1790. The number of carbonyl (C=O) groups excluding carboxylic acids is 5. The largest absolute Gasteiger partial charge is 0.458 e. The van der Waals surface area contributed by atoms with Crippen LogP contribution in [0.25, 0.3) is 0 Å². The lowest BCUT2D eigenvalue weighted by Crippen LogP contribution is -2.54. The first-order valence-corrected chi connectivity index (χ1v) is 25.8. The van der Waals surface area contributed by atoms with Crippen LogP contribution in [0.5, 0.6) is 0 Å². The lowest BCUT2D eigenvalue weighted by molar-refractivity contribution is -0.165. The molecule has 4 rings (SSSR count). The Hall–Kier alpha value is -3.99. The van der Waals surface area contributed by atoms with Gasteiger partial charge in [-0.25, -0.2) is 24.0 Å². The number of nitrogens with zero attached hydrogens (tertiary/aromatic N) is 1. The van der Waals surface area contributed by atoms with Crippen LogP contribution in [0.1, 0.15) is 153 Å². The number of aryl methyl sites for hydroxylation is 1. The van der Waals surface area contributed by atoms with Crippen LogP contribution in [0.2, 0.25) is 0 Å². The van der Waals surface area contributed by atoms with Gasteiger partial charge in [0.15, 0.2) is 12.1 Å². The molecule has 2 aliphatic heterocycles. The lowest BCUT2D eigenvalue weighted by atomic mass is 9.85. The number of unbranched alkanes of at least 4 members (excludes halogenated alkanes) is 2. The van der Waals surface area contributed by atoms with E-state index in [0.717, 1.165) is 49.7 Å². The number of esters is 2. The number of hydrogen-bond donors (Lipinski definition) is 1. The Morgan fingerprint density at radius 1 is 0.729 bits per heavy atom. The Morgan fingerprint density at radius 3 is 1.90 bits per heavy atom. The smallest absolute Gasteiger partial charge is 0.420 e. The molecule has 70 heavy (non-hydrogen) atoms. The maximum Gasteiger partial charge on any atom is 0.420 e. The molecule has 2 heterocycles. The summed E-state index contributed by atoms with van der Waals surface area (Å²) >= 11 is 0. The van der Waals surface area contributed by atoms with E-state index in [1.54, 1.807) is 69.2 Å². The van der Waals surface area contributed by atoms with Gasteiger partial charge in [0.25, 0.3) is 0 Å². The van der Waals surface area contributed by atoms with Crippen molar-refractivity contribution in [1.82, 2.24) is 10.2 Å². The van der Waals surface area contributed by atoms with Crippen molar-refractivity contribution >= 4 is 30.2 Å². The molecule has 1 saturated carbocycles. The van der Waals surface area contributed by atoms with E-state index in [2.05, 4.69) is 57.3 Å². The molecule has 10 atom stereocenters. The van der Waals surface area contributed by atoms with E-state index in [4.69, 9.17) is 42.6 Å². The summed E-state index contributed by atoms with van der Waals surface area (Å²) < 4.78 is 55.3. The molecule has 3 fully saturated rings. The van der Waals surface area contributed by atoms with E-state index >= 15 is 0 Å². The van der Waals surface area contributed by atoms with Gasteiger partial charge in [-0.2, -0.15) is 4.90 Å². The quantitative estimate of drug-likeness (QED) is 0.0938. The average Bonchev–Trinajstić information content (AvgIpc) is 3.69. The zero-order valence-corrected chi connectivity index (χ0v) is 44.9. The highest BCUT2D eigenvalue weighted by Gasteiger charge is 2.46. The fourth-order valence-electron chi connectivity index (χ4n) is 9.33. The highest BCUT2D eigenvalue weighted by atomic mass is 16.6. The molecule has 1 N–H and O–H groups in total. The molecule has 1 aromatic rings. The minimum absolute atomic E-state index is 0.0861. The minimum atomic E-state index is -1.48. The Kier molecular flexibility index (Phi) is 22.3. The van der Waals surface area contributed by atoms with E-state index in [1.165, 1.54) is 0 Å². The second kappa shape index (κ2) is 26.6. The first kappa shape index (κ1) is 58.6. The van der Waals surface area contributed by atoms with Crippen LogP contribution < -0.4 is 5.32 Å². The van der Waals surface area contributed by atoms with Crippen LogP contribution >= 0.6 is 0 Å². The molecule has 0 spiro atoms.